The molecule has 0 saturated carbocycles. The number of nitrogens with two attached hydrogens (primary N) is 1. The van der Waals surface area contributed by atoms with Gasteiger partial charge < -0.3 is 15.8 Å². The fourth-order valence-electron chi connectivity index (χ4n) is 5.52. The van der Waals surface area contributed by atoms with E-state index in [1.165, 1.54) is 0 Å². The first-order valence-corrected chi connectivity index (χ1v) is 13.6. The number of anilines is 1. The van der Waals surface area contributed by atoms with E-state index in [1.54, 1.807) is 36.3 Å². The predicted octanol–water partition coefficient (Wildman–Crippen LogP) is 4.38. The molecule has 1 atom stereocenters. The molecule has 1 aromatic carbocycles. The van der Waals surface area contributed by atoms with Crippen molar-refractivity contribution in [1.82, 2.24) is 39.6 Å². The lowest BCUT2D eigenvalue weighted by Gasteiger charge is -2.16. The number of nitrogens with one attached hydrogen (secondary N) is 1. The highest BCUT2D eigenvalue weighted by Crippen LogP contribution is 2.36. The van der Waals surface area contributed by atoms with Gasteiger partial charge in [-0.2, -0.15) is 5.10 Å². The van der Waals surface area contributed by atoms with Crippen LogP contribution < -0.4 is 15.8 Å². The van der Waals surface area contributed by atoms with Gasteiger partial charge >= 0.3 is 0 Å². The number of aryl methyl sites for hydroxylation is 2. The maximum atomic E-state index is 13.2. The number of nitrogen functional groups attached to an aromatic ring is 1. The van der Waals surface area contributed by atoms with Crippen LogP contribution in [0.1, 0.15) is 39.6 Å². The van der Waals surface area contributed by atoms with E-state index in [2.05, 4.69) is 32.5 Å². The van der Waals surface area contributed by atoms with Crippen LogP contribution in [0.4, 0.5) is 5.82 Å². The number of methoxy groups -OCH3 is 1. The van der Waals surface area contributed by atoms with Crippen molar-refractivity contribution >= 4 is 22.9 Å². The molecule has 0 unspecified atom stereocenters. The van der Waals surface area contributed by atoms with Crippen molar-refractivity contribution in [1.29, 1.82) is 0 Å². The molecule has 6 aromatic rings. The highest BCUT2D eigenvalue weighted by Gasteiger charge is 2.26. The summed E-state index contributed by atoms with van der Waals surface area (Å²) >= 11 is 0. The molecule has 7 rings (SSSR count). The second-order valence-corrected chi connectivity index (χ2v) is 10.2. The number of imidazole rings is 1. The fraction of sp³-hybridized carbons (Fsp3) is 0.161. The van der Waals surface area contributed by atoms with E-state index >= 15 is 0 Å². The number of rotatable bonds is 6. The van der Waals surface area contributed by atoms with Gasteiger partial charge in [-0.3, -0.25) is 9.36 Å². The fourth-order valence-corrected chi connectivity index (χ4v) is 5.52. The molecular formula is C31H27N9O2. The molecule has 0 radical (unpaired) electrons. The van der Waals surface area contributed by atoms with Crippen molar-refractivity contribution in [2.24, 2.45) is 0 Å². The Morgan fingerprint density at radius 3 is 2.76 bits per heavy atom. The normalized spacial score (nSPS) is 14.2. The van der Waals surface area contributed by atoms with Crippen molar-refractivity contribution in [3.8, 4) is 28.8 Å². The summed E-state index contributed by atoms with van der Waals surface area (Å²) in [5, 5.41) is 7.53. The summed E-state index contributed by atoms with van der Waals surface area (Å²) in [6, 6.07) is 19.0. The molecule has 208 valence electrons. The summed E-state index contributed by atoms with van der Waals surface area (Å²) in [6.07, 6.45) is 6.83. The van der Waals surface area contributed by atoms with Gasteiger partial charge in [-0.1, -0.05) is 6.07 Å². The Morgan fingerprint density at radius 1 is 1.05 bits per heavy atom. The van der Waals surface area contributed by atoms with Gasteiger partial charge in [0, 0.05) is 41.6 Å². The number of hydrogen-bond donors (Lipinski definition) is 2. The van der Waals surface area contributed by atoms with Crippen LogP contribution in [0, 0.1) is 6.92 Å². The molecule has 1 aliphatic carbocycles. The molecule has 0 bridgehead atoms. The molecule has 11 heteroatoms. The molecule has 11 nitrogen and oxygen atoms in total. The van der Waals surface area contributed by atoms with Crippen LogP contribution in [0.3, 0.4) is 0 Å². The zero-order valence-electron chi connectivity index (χ0n) is 23.0. The van der Waals surface area contributed by atoms with Crippen molar-refractivity contribution in [3.05, 3.63) is 102 Å². The quantitative estimate of drug-likeness (QED) is 0.308. The third kappa shape index (κ3) is 4.40. The number of ether oxygens (including phenoxy) is 1. The van der Waals surface area contributed by atoms with E-state index < -0.39 is 0 Å². The first-order valence-electron chi connectivity index (χ1n) is 13.6. The van der Waals surface area contributed by atoms with E-state index in [-0.39, 0.29) is 11.9 Å². The number of benzene rings is 1. The molecule has 42 heavy (non-hydrogen) atoms. The van der Waals surface area contributed by atoms with E-state index in [0.29, 0.717) is 40.1 Å². The first kappa shape index (κ1) is 25.4. The minimum atomic E-state index is -0.161. The molecule has 0 fully saturated rings. The molecular weight excluding hydrogens is 530 g/mol. The van der Waals surface area contributed by atoms with E-state index in [1.807, 2.05) is 54.1 Å². The van der Waals surface area contributed by atoms with Gasteiger partial charge in [-0.15, -0.1) is 0 Å². The molecule has 3 N–H and O–H groups in total. The highest BCUT2D eigenvalue weighted by molar-refractivity contribution is 5.95. The summed E-state index contributed by atoms with van der Waals surface area (Å²) in [7, 11) is 1.54. The molecule has 0 aliphatic heterocycles. The second-order valence-electron chi connectivity index (χ2n) is 10.2. The molecule has 1 amide bonds. The Kier molecular flexibility index (Phi) is 6.11. The van der Waals surface area contributed by atoms with Gasteiger partial charge in [0.2, 0.25) is 5.88 Å². The summed E-state index contributed by atoms with van der Waals surface area (Å²) in [5.41, 5.74) is 12.8. The van der Waals surface area contributed by atoms with E-state index in [4.69, 9.17) is 20.4 Å². The minimum absolute atomic E-state index is 0.112. The summed E-state index contributed by atoms with van der Waals surface area (Å²) in [6.45, 7) is 1.84. The largest absolute Gasteiger partial charge is 0.481 e. The number of amides is 1. The summed E-state index contributed by atoms with van der Waals surface area (Å²) in [4.78, 5) is 31.6. The highest BCUT2D eigenvalue weighted by atomic mass is 16.5. The zero-order chi connectivity index (χ0) is 28.8. The van der Waals surface area contributed by atoms with Crippen molar-refractivity contribution in [2.75, 3.05) is 12.8 Å². The minimum Gasteiger partial charge on any atom is -0.481 e. The van der Waals surface area contributed by atoms with Crippen LogP contribution in [0.15, 0.2) is 79.3 Å². The van der Waals surface area contributed by atoms with E-state index in [9.17, 15) is 4.79 Å². The Morgan fingerprint density at radius 2 is 1.95 bits per heavy atom. The van der Waals surface area contributed by atoms with Crippen molar-refractivity contribution in [3.63, 3.8) is 0 Å². The van der Waals surface area contributed by atoms with Crippen LogP contribution in [-0.2, 0) is 6.42 Å². The van der Waals surface area contributed by atoms with Crippen LogP contribution >= 0.6 is 0 Å². The van der Waals surface area contributed by atoms with Gasteiger partial charge in [-0.05, 0) is 79.4 Å². The molecule has 5 aromatic heterocycles. The standard InChI is InChI=1S/C31H27N9O2/c1-18-15-20(17-27(35-18)42-2)31(41)37-24-9-6-19-16-21(7-8-22(19)24)40-29(23-5-3-12-33-28(23)32)36-25-10-11-26(38-30(25)40)39-14-4-13-34-39/h3-5,7-8,10-17,24H,6,9H2,1-2H3,(H2,32,33)(H,37,41)/t24-/m0/s1. The van der Waals surface area contributed by atoms with Gasteiger partial charge in [0.25, 0.3) is 5.91 Å². The lowest BCUT2D eigenvalue weighted by atomic mass is 10.1. The van der Waals surface area contributed by atoms with Crippen molar-refractivity contribution < 1.29 is 9.53 Å². The van der Waals surface area contributed by atoms with Crippen LogP contribution in [0.5, 0.6) is 5.88 Å². The van der Waals surface area contributed by atoms with Crippen LogP contribution in [-0.4, -0.2) is 47.3 Å². The first-order chi connectivity index (χ1) is 20.5. The Hall–Kier alpha value is -5.58. The number of pyridine rings is 3. The SMILES string of the molecule is COc1cc(C(=O)N[C@H]2CCc3cc(-n4c(-c5cccnc5N)nc5ccc(-n6cccn6)nc54)ccc32)cc(C)n1. The lowest BCUT2D eigenvalue weighted by Crippen LogP contribution is -2.27. The third-order valence-corrected chi connectivity index (χ3v) is 7.48. The van der Waals surface area contributed by atoms with Crippen LogP contribution in [0.2, 0.25) is 0 Å². The zero-order valence-corrected chi connectivity index (χ0v) is 23.0. The maximum absolute atomic E-state index is 13.2. The van der Waals surface area contributed by atoms with Crippen molar-refractivity contribution in [2.45, 2.75) is 25.8 Å². The molecule has 1 aliphatic rings. The third-order valence-electron chi connectivity index (χ3n) is 7.48. The molecule has 5 heterocycles. The number of fused-ring (bicyclic) bond motifs is 2. The van der Waals surface area contributed by atoms with E-state index in [0.717, 1.165) is 40.9 Å². The molecule has 0 saturated heterocycles. The van der Waals surface area contributed by atoms with Gasteiger partial charge in [0.1, 0.15) is 11.3 Å². The van der Waals surface area contributed by atoms with Gasteiger partial charge in [0.05, 0.1) is 18.7 Å². The Labute approximate surface area is 241 Å². The second kappa shape index (κ2) is 10.1. The number of carbonyl (C=O) groups is 1. The number of aromatic nitrogens is 7. The average Bonchev–Trinajstić information content (AvgIpc) is 3.76. The Bertz CT molecular complexity index is 1960. The summed E-state index contributed by atoms with van der Waals surface area (Å²) < 4.78 is 8.97. The maximum Gasteiger partial charge on any atom is 0.252 e. The lowest BCUT2D eigenvalue weighted by molar-refractivity contribution is 0.0936. The smallest absolute Gasteiger partial charge is 0.252 e. The number of carbonyl (C=O) groups excluding carboxylic acids is 1. The predicted molar refractivity (Wildman–Crippen MR) is 158 cm³/mol. The van der Waals surface area contributed by atoms with Gasteiger partial charge in [-0.25, -0.2) is 24.6 Å². The molecule has 0 spiro atoms. The summed E-state index contributed by atoms with van der Waals surface area (Å²) in [5.74, 6) is 1.95. The monoisotopic (exact) mass is 557 g/mol. The topological polar surface area (TPSA) is 139 Å². The van der Waals surface area contributed by atoms with Gasteiger partial charge in [0.15, 0.2) is 17.3 Å². The number of hydrogen-bond acceptors (Lipinski definition) is 8. The average molecular weight is 558 g/mol. The number of nitrogens with zero attached hydrogens (tertiary/aromatic N) is 7. The van der Waals surface area contributed by atoms with Crippen LogP contribution in [0.25, 0.3) is 34.1 Å². The Balaban J connectivity index is 1.29.